The van der Waals surface area contributed by atoms with Crippen molar-refractivity contribution >= 4 is 51.0 Å². The molecule has 248 valence electrons. The summed E-state index contributed by atoms with van der Waals surface area (Å²) in [5.74, 6) is 2.01. The molecular weight excluding hydrogens is 813 g/mol. The Labute approximate surface area is 308 Å². The number of ether oxygens (including phenoxy) is 1. The van der Waals surface area contributed by atoms with Crippen LogP contribution >= 0.6 is 8.19 Å². The Bertz CT molecular complexity index is 2520. The van der Waals surface area contributed by atoms with Gasteiger partial charge in [-0.15, -0.1) is 25.7 Å². The van der Waals surface area contributed by atoms with Crippen molar-refractivity contribution in [3.63, 3.8) is 0 Å². The molecular formula is C44H35N3OPPt-. The van der Waals surface area contributed by atoms with Crippen molar-refractivity contribution in [2.45, 2.75) is 26.2 Å². The summed E-state index contributed by atoms with van der Waals surface area (Å²) in [6.45, 7) is 6.65. The Morgan fingerprint density at radius 2 is 1.30 bits per heavy atom. The number of fused-ring (bicyclic) bond motifs is 6. The maximum atomic E-state index is 6.04. The van der Waals surface area contributed by atoms with Gasteiger partial charge in [0.2, 0.25) is 5.88 Å². The molecule has 0 unspecified atom stereocenters. The van der Waals surface area contributed by atoms with Gasteiger partial charge >= 0.3 is 0 Å². The maximum Gasteiger partial charge on any atom is 0.216 e. The predicted molar refractivity (Wildman–Crippen MR) is 207 cm³/mol. The van der Waals surface area contributed by atoms with Crippen molar-refractivity contribution in [1.29, 1.82) is 0 Å². The van der Waals surface area contributed by atoms with E-state index in [0.717, 1.165) is 35.8 Å². The topological polar surface area (TPSA) is 39.9 Å². The van der Waals surface area contributed by atoms with Crippen molar-refractivity contribution in [1.82, 2.24) is 14.5 Å². The largest absolute Gasteiger partial charge is 0.466 e. The van der Waals surface area contributed by atoms with Gasteiger partial charge in [0.25, 0.3) is 0 Å². The summed E-state index contributed by atoms with van der Waals surface area (Å²) in [4.78, 5) is 9.08. The van der Waals surface area contributed by atoms with Crippen molar-refractivity contribution in [2.24, 2.45) is 0 Å². The van der Waals surface area contributed by atoms with Crippen LogP contribution in [0.15, 0.2) is 152 Å². The van der Waals surface area contributed by atoms with Crippen LogP contribution < -0.4 is 4.74 Å². The summed E-state index contributed by atoms with van der Waals surface area (Å²) < 4.78 is 8.22. The second-order valence-corrected chi connectivity index (χ2v) is 14.5. The molecule has 5 aromatic carbocycles. The smallest absolute Gasteiger partial charge is 0.216 e. The van der Waals surface area contributed by atoms with Crippen molar-refractivity contribution in [3.8, 4) is 28.6 Å². The average molecular weight is 848 g/mol. The number of aromatic nitrogens is 3. The first-order chi connectivity index (χ1) is 23.9. The molecule has 9 rings (SSSR count). The molecule has 0 aliphatic carbocycles. The zero-order valence-electron chi connectivity index (χ0n) is 28.0. The van der Waals surface area contributed by atoms with Gasteiger partial charge in [-0.1, -0.05) is 123 Å². The number of pyridine rings is 2. The second kappa shape index (κ2) is 14.1. The van der Waals surface area contributed by atoms with Gasteiger partial charge < -0.3 is 9.30 Å². The van der Waals surface area contributed by atoms with Crippen LogP contribution in [-0.4, -0.2) is 14.5 Å². The normalized spacial score (nSPS) is 11.3. The summed E-state index contributed by atoms with van der Waals surface area (Å²) in [5, 5.41) is 8.08. The number of benzene rings is 5. The van der Waals surface area contributed by atoms with Crippen LogP contribution in [0.4, 0.5) is 0 Å². The number of rotatable bonds is 4. The number of nitrogens with zero attached hydrogens (tertiary/aromatic N) is 3. The molecule has 0 saturated carbocycles. The molecule has 4 aromatic heterocycles. The number of hydrogen-bond donors (Lipinski definition) is 0. The predicted octanol–water partition coefficient (Wildman–Crippen LogP) is 12.2. The van der Waals surface area contributed by atoms with Crippen LogP contribution in [0.2, 0.25) is 0 Å². The van der Waals surface area contributed by atoms with Crippen LogP contribution in [0.3, 0.4) is 0 Å². The third kappa shape index (κ3) is 6.62. The molecule has 50 heavy (non-hydrogen) atoms. The molecule has 4 nitrogen and oxygen atoms in total. The summed E-state index contributed by atoms with van der Waals surface area (Å²) in [5.41, 5.74) is 5.59. The zero-order valence-corrected chi connectivity index (χ0v) is 31.3. The van der Waals surface area contributed by atoms with E-state index in [1.54, 1.807) is 6.20 Å². The van der Waals surface area contributed by atoms with E-state index in [-0.39, 0.29) is 26.5 Å². The van der Waals surface area contributed by atoms with Crippen molar-refractivity contribution in [3.05, 3.63) is 164 Å². The first-order valence-corrected chi connectivity index (χ1v) is 17.5. The minimum Gasteiger partial charge on any atom is -0.466 e. The fraction of sp³-hybridized carbons (Fsp3) is 0.0909. The quantitative estimate of drug-likeness (QED) is 0.166. The van der Waals surface area contributed by atoms with Crippen LogP contribution in [0.5, 0.6) is 11.6 Å². The molecule has 0 aliphatic rings. The van der Waals surface area contributed by atoms with E-state index in [4.69, 9.17) is 9.72 Å². The van der Waals surface area contributed by atoms with Crippen LogP contribution in [0, 0.1) is 6.07 Å². The summed E-state index contributed by atoms with van der Waals surface area (Å²) >= 11 is 0. The van der Waals surface area contributed by atoms with E-state index in [9.17, 15) is 0 Å². The van der Waals surface area contributed by atoms with E-state index < -0.39 is 0 Å². The fourth-order valence-electron chi connectivity index (χ4n) is 6.36. The molecule has 0 radical (unpaired) electrons. The van der Waals surface area contributed by atoms with Crippen molar-refractivity contribution in [2.75, 3.05) is 0 Å². The average Bonchev–Trinajstić information content (AvgIpc) is 3.67. The minimum atomic E-state index is 0. The van der Waals surface area contributed by atoms with E-state index in [2.05, 4.69) is 146 Å². The first kappa shape index (κ1) is 33.5. The van der Waals surface area contributed by atoms with Gasteiger partial charge in [0.05, 0.1) is 0 Å². The zero-order chi connectivity index (χ0) is 33.4. The van der Waals surface area contributed by atoms with Gasteiger partial charge in [0.1, 0.15) is 5.82 Å². The molecule has 0 atom stereocenters. The maximum absolute atomic E-state index is 6.04. The third-order valence-electron chi connectivity index (χ3n) is 8.86. The molecule has 0 aliphatic heterocycles. The van der Waals surface area contributed by atoms with Crippen LogP contribution in [0.1, 0.15) is 26.3 Å². The Balaban J connectivity index is 0.000000233. The molecule has 9 aromatic rings. The van der Waals surface area contributed by atoms with E-state index >= 15 is 0 Å². The molecule has 4 heterocycles. The molecule has 0 N–H and O–H groups in total. The van der Waals surface area contributed by atoms with Gasteiger partial charge in [-0.05, 0) is 72.8 Å². The number of hydrogen-bond acceptors (Lipinski definition) is 3. The first-order valence-electron chi connectivity index (χ1n) is 16.5. The SMILES string of the molecule is CC(C)(C)c1ccnc(-n2c3[c-]c(Oc4ccccn4)ccc3c3cc(-c4ccccc4)ccc32)c1.[Pt].c1ccc2c(c1)[pH]c1ccccc12. The summed E-state index contributed by atoms with van der Waals surface area (Å²) in [7, 11) is 0.851. The molecule has 0 spiro atoms. The summed E-state index contributed by atoms with van der Waals surface area (Å²) in [6, 6.07) is 51.9. The molecule has 0 bridgehead atoms. The standard InChI is InChI=1S/C32H26N3O.C12H9P.Pt/c1-32(2,3)24-16-18-33-30(20-24)35-28-15-12-23(22-9-5-4-6-10-22)19-27(28)26-14-13-25(21-29(26)35)36-31-11-7-8-17-34-31;1-3-7-11-9(5-1)10-6-2-4-8-12(10)13-11;/h4-20H,1-3H3;1-8,13H;/q-1;;. The van der Waals surface area contributed by atoms with E-state index in [1.807, 2.05) is 36.5 Å². The fourth-order valence-corrected chi connectivity index (χ4v) is 7.71. The van der Waals surface area contributed by atoms with Crippen LogP contribution in [0.25, 0.3) is 59.8 Å². The Morgan fingerprint density at radius 1 is 0.600 bits per heavy atom. The van der Waals surface area contributed by atoms with Gasteiger partial charge in [-0.2, -0.15) is 6.07 Å². The minimum absolute atomic E-state index is 0. The van der Waals surface area contributed by atoms with Gasteiger partial charge in [-0.25, -0.2) is 9.97 Å². The second-order valence-electron chi connectivity index (χ2n) is 13.2. The van der Waals surface area contributed by atoms with Gasteiger partial charge in [0.15, 0.2) is 0 Å². The molecule has 0 fully saturated rings. The Kier molecular flexibility index (Phi) is 9.43. The monoisotopic (exact) mass is 847 g/mol. The van der Waals surface area contributed by atoms with Gasteiger partial charge in [0, 0.05) is 50.8 Å². The molecule has 0 saturated heterocycles. The van der Waals surface area contributed by atoms with E-state index in [0.29, 0.717) is 11.6 Å². The molecule has 6 heteroatoms. The third-order valence-corrected chi connectivity index (χ3v) is 10.3. The summed E-state index contributed by atoms with van der Waals surface area (Å²) in [6.07, 6.45) is 3.61. The Hall–Kier alpha value is -5.01. The van der Waals surface area contributed by atoms with Crippen molar-refractivity contribution < 1.29 is 25.8 Å². The Morgan fingerprint density at radius 3 is 2.00 bits per heavy atom. The molecule has 0 amide bonds. The van der Waals surface area contributed by atoms with Crippen LogP contribution in [-0.2, 0) is 26.5 Å². The van der Waals surface area contributed by atoms with Gasteiger partial charge in [-0.3, -0.25) is 0 Å². The van der Waals surface area contributed by atoms with E-state index in [1.165, 1.54) is 37.7 Å².